The Morgan fingerprint density at radius 3 is 2.89 bits per heavy atom. The van der Waals surface area contributed by atoms with Gasteiger partial charge in [-0.3, -0.25) is 0 Å². The maximum Gasteiger partial charge on any atom is 0.0481 e. The van der Waals surface area contributed by atoms with E-state index in [1.54, 1.807) is 0 Å². The van der Waals surface area contributed by atoms with Gasteiger partial charge in [-0.05, 0) is 36.9 Å². The van der Waals surface area contributed by atoms with Crippen molar-refractivity contribution in [3.8, 4) is 0 Å². The number of nitrogens with zero attached hydrogens (tertiary/aromatic N) is 1. The summed E-state index contributed by atoms with van der Waals surface area (Å²) in [5.41, 5.74) is 8.49. The second-order valence-corrected chi connectivity index (χ2v) is 5.51. The average molecular weight is 243 g/mol. The Morgan fingerprint density at radius 2 is 2.11 bits per heavy atom. The van der Waals surface area contributed by atoms with E-state index in [0.29, 0.717) is 6.04 Å². The summed E-state index contributed by atoms with van der Waals surface area (Å²) in [4.78, 5) is 0. The van der Waals surface area contributed by atoms with Crippen LogP contribution < -0.4 is 11.1 Å². The number of benzene rings is 1. The molecule has 0 aliphatic heterocycles. The number of nitrogens with two attached hydrogens (primary N) is 1. The molecule has 2 aromatic rings. The molecule has 1 heterocycles. The van der Waals surface area contributed by atoms with Crippen molar-refractivity contribution in [3.63, 3.8) is 0 Å². The normalized spacial score (nSPS) is 23.2. The van der Waals surface area contributed by atoms with Gasteiger partial charge in [0.05, 0.1) is 0 Å². The number of para-hydroxylation sites is 1. The molecule has 1 aliphatic carbocycles. The second kappa shape index (κ2) is 4.75. The number of fused-ring (bicyclic) bond motifs is 1. The third kappa shape index (κ3) is 2.16. The molecule has 1 aromatic carbocycles. The Hall–Kier alpha value is -1.32. The topological polar surface area (TPSA) is 43.0 Å². The molecular formula is C15H21N3. The Labute approximate surface area is 108 Å². The molecule has 0 radical (unpaired) electrons. The Morgan fingerprint density at radius 1 is 1.33 bits per heavy atom. The number of rotatable bonds is 4. The van der Waals surface area contributed by atoms with Crippen LogP contribution in [0.4, 0.5) is 0 Å². The molecule has 3 nitrogen and oxygen atoms in total. The molecule has 0 bridgehead atoms. The lowest BCUT2D eigenvalue weighted by Crippen LogP contribution is -2.41. The number of hydrogen-bond acceptors (Lipinski definition) is 2. The summed E-state index contributed by atoms with van der Waals surface area (Å²) in [6.45, 7) is 2.05. The maximum absolute atomic E-state index is 5.80. The minimum atomic E-state index is 0.453. The zero-order chi connectivity index (χ0) is 12.5. The number of hydrogen-bond donors (Lipinski definition) is 2. The lowest BCUT2D eigenvalue weighted by molar-refractivity contribution is 0.256. The van der Waals surface area contributed by atoms with Crippen LogP contribution in [-0.2, 0) is 13.6 Å². The third-order valence-corrected chi connectivity index (χ3v) is 4.00. The van der Waals surface area contributed by atoms with E-state index < -0.39 is 0 Å². The summed E-state index contributed by atoms with van der Waals surface area (Å²) in [5.74, 6) is 0.787. The van der Waals surface area contributed by atoms with Gasteiger partial charge in [-0.25, -0.2) is 0 Å². The SMILES string of the molecule is Cn1cc(CNCC2CC(N)C2)c2ccccc21. The van der Waals surface area contributed by atoms with E-state index in [1.165, 1.54) is 29.3 Å². The zero-order valence-corrected chi connectivity index (χ0v) is 10.9. The molecule has 3 heteroatoms. The maximum atomic E-state index is 5.80. The third-order valence-electron chi connectivity index (χ3n) is 4.00. The van der Waals surface area contributed by atoms with Gasteiger partial charge in [-0.15, -0.1) is 0 Å². The van der Waals surface area contributed by atoms with Crippen molar-refractivity contribution >= 4 is 10.9 Å². The number of nitrogens with one attached hydrogen (secondary N) is 1. The molecule has 0 unspecified atom stereocenters. The summed E-state index contributed by atoms with van der Waals surface area (Å²) in [5, 5.41) is 4.92. The molecule has 3 N–H and O–H groups in total. The van der Waals surface area contributed by atoms with Gasteiger partial charge in [0.1, 0.15) is 0 Å². The van der Waals surface area contributed by atoms with Gasteiger partial charge in [0.25, 0.3) is 0 Å². The van der Waals surface area contributed by atoms with E-state index in [2.05, 4.69) is 47.4 Å². The zero-order valence-electron chi connectivity index (χ0n) is 10.9. The van der Waals surface area contributed by atoms with E-state index in [9.17, 15) is 0 Å². The molecule has 0 amide bonds. The fourth-order valence-electron chi connectivity index (χ4n) is 2.93. The van der Waals surface area contributed by atoms with Crippen LogP contribution in [0.1, 0.15) is 18.4 Å². The first-order chi connectivity index (χ1) is 8.74. The quantitative estimate of drug-likeness (QED) is 0.862. The fraction of sp³-hybridized carbons (Fsp3) is 0.467. The summed E-state index contributed by atoms with van der Waals surface area (Å²) >= 11 is 0. The summed E-state index contributed by atoms with van der Waals surface area (Å²) in [7, 11) is 2.11. The molecule has 1 aromatic heterocycles. The Kier molecular flexibility index (Phi) is 3.10. The van der Waals surface area contributed by atoms with E-state index in [0.717, 1.165) is 19.0 Å². The first-order valence-electron chi connectivity index (χ1n) is 6.73. The highest BCUT2D eigenvalue weighted by atomic mass is 14.9. The lowest BCUT2D eigenvalue weighted by atomic mass is 9.81. The standard InChI is InChI=1S/C15H21N3/c1-18-10-12(14-4-2-3-5-15(14)18)9-17-8-11-6-13(16)7-11/h2-5,10-11,13,17H,6-9,16H2,1H3. The minimum Gasteiger partial charge on any atom is -0.350 e. The van der Waals surface area contributed by atoms with Crippen molar-refractivity contribution in [2.75, 3.05) is 6.54 Å². The number of aryl methyl sites for hydroxylation is 1. The molecule has 0 spiro atoms. The fourth-order valence-corrected chi connectivity index (χ4v) is 2.93. The number of aromatic nitrogens is 1. The van der Waals surface area contributed by atoms with Crippen LogP contribution >= 0.6 is 0 Å². The highest BCUT2D eigenvalue weighted by molar-refractivity contribution is 5.83. The molecule has 1 aliphatic rings. The van der Waals surface area contributed by atoms with E-state index in [-0.39, 0.29) is 0 Å². The van der Waals surface area contributed by atoms with Gasteiger partial charge >= 0.3 is 0 Å². The average Bonchev–Trinajstić information content (AvgIpc) is 2.65. The Balaban J connectivity index is 1.64. The molecule has 3 rings (SSSR count). The van der Waals surface area contributed by atoms with Gasteiger partial charge < -0.3 is 15.6 Å². The van der Waals surface area contributed by atoms with Crippen LogP contribution in [0.2, 0.25) is 0 Å². The van der Waals surface area contributed by atoms with Gasteiger partial charge in [0.2, 0.25) is 0 Å². The highest BCUT2D eigenvalue weighted by Crippen LogP contribution is 2.25. The van der Waals surface area contributed by atoms with Crippen LogP contribution in [-0.4, -0.2) is 17.2 Å². The van der Waals surface area contributed by atoms with Gasteiger partial charge in [-0.2, -0.15) is 0 Å². The van der Waals surface area contributed by atoms with Gasteiger partial charge in [0.15, 0.2) is 0 Å². The molecule has 1 saturated carbocycles. The van der Waals surface area contributed by atoms with Crippen molar-refractivity contribution in [3.05, 3.63) is 36.0 Å². The molecule has 96 valence electrons. The van der Waals surface area contributed by atoms with Gasteiger partial charge in [-0.1, -0.05) is 18.2 Å². The van der Waals surface area contributed by atoms with Crippen LogP contribution in [0.3, 0.4) is 0 Å². The monoisotopic (exact) mass is 243 g/mol. The van der Waals surface area contributed by atoms with Crippen molar-refractivity contribution in [1.82, 2.24) is 9.88 Å². The Bertz CT molecular complexity index is 538. The smallest absolute Gasteiger partial charge is 0.0481 e. The highest BCUT2D eigenvalue weighted by Gasteiger charge is 2.25. The lowest BCUT2D eigenvalue weighted by Gasteiger charge is -2.32. The van der Waals surface area contributed by atoms with Gasteiger partial charge in [0, 0.05) is 36.7 Å². The van der Waals surface area contributed by atoms with Crippen LogP contribution in [0.25, 0.3) is 10.9 Å². The molecular weight excluding hydrogens is 222 g/mol. The predicted molar refractivity (Wildman–Crippen MR) is 75.3 cm³/mol. The van der Waals surface area contributed by atoms with E-state index in [1.807, 2.05) is 0 Å². The summed E-state index contributed by atoms with van der Waals surface area (Å²) in [6.07, 6.45) is 4.59. The predicted octanol–water partition coefficient (Wildman–Crippen LogP) is 2.01. The van der Waals surface area contributed by atoms with Crippen molar-refractivity contribution in [2.24, 2.45) is 18.7 Å². The van der Waals surface area contributed by atoms with Crippen LogP contribution in [0, 0.1) is 5.92 Å². The summed E-state index contributed by atoms with van der Waals surface area (Å²) < 4.78 is 2.20. The molecule has 0 saturated heterocycles. The van der Waals surface area contributed by atoms with Crippen LogP contribution in [0.5, 0.6) is 0 Å². The molecule has 1 fully saturated rings. The first-order valence-corrected chi connectivity index (χ1v) is 6.73. The van der Waals surface area contributed by atoms with E-state index in [4.69, 9.17) is 5.73 Å². The van der Waals surface area contributed by atoms with Crippen molar-refractivity contribution in [2.45, 2.75) is 25.4 Å². The van der Waals surface area contributed by atoms with E-state index >= 15 is 0 Å². The first kappa shape index (κ1) is 11.8. The van der Waals surface area contributed by atoms with Crippen molar-refractivity contribution < 1.29 is 0 Å². The largest absolute Gasteiger partial charge is 0.350 e. The molecule has 18 heavy (non-hydrogen) atoms. The van der Waals surface area contributed by atoms with Crippen molar-refractivity contribution in [1.29, 1.82) is 0 Å². The minimum absolute atomic E-state index is 0.453. The molecule has 0 atom stereocenters. The second-order valence-electron chi connectivity index (χ2n) is 5.51. The van der Waals surface area contributed by atoms with Crippen LogP contribution in [0.15, 0.2) is 30.5 Å². The summed E-state index contributed by atoms with van der Waals surface area (Å²) in [6, 6.07) is 9.02.